The summed E-state index contributed by atoms with van der Waals surface area (Å²) in [6.45, 7) is 0.0793. The summed E-state index contributed by atoms with van der Waals surface area (Å²) in [5.41, 5.74) is 2.23. The molecule has 190 valence electrons. The second kappa shape index (κ2) is 13.2. The zero-order chi connectivity index (χ0) is 25.9. The molecule has 36 heavy (non-hydrogen) atoms. The van der Waals surface area contributed by atoms with Crippen LogP contribution in [-0.2, 0) is 22.6 Å². The van der Waals surface area contributed by atoms with E-state index in [1.54, 1.807) is 37.3 Å². The van der Waals surface area contributed by atoms with Gasteiger partial charge in [-0.1, -0.05) is 48.5 Å². The molecule has 0 fully saturated rings. The minimum Gasteiger partial charge on any atom is -0.497 e. The lowest BCUT2D eigenvalue weighted by atomic mass is 10.0. The third-order valence-corrected chi connectivity index (χ3v) is 5.72. The molecule has 8 heteroatoms. The Hall–Kier alpha value is -4.04. The first-order chi connectivity index (χ1) is 17.5. The second-order valence-corrected chi connectivity index (χ2v) is 8.06. The number of nitrogens with one attached hydrogen (secondary N) is 1. The van der Waals surface area contributed by atoms with Gasteiger partial charge in [-0.15, -0.1) is 0 Å². The van der Waals surface area contributed by atoms with Gasteiger partial charge in [-0.05, 0) is 41.0 Å². The van der Waals surface area contributed by atoms with E-state index >= 15 is 0 Å². The normalized spacial score (nSPS) is 11.3. The fraction of sp³-hybridized carbons (Fsp3) is 0.286. The van der Waals surface area contributed by atoms with E-state index in [0.717, 1.165) is 11.1 Å². The van der Waals surface area contributed by atoms with Crippen molar-refractivity contribution in [2.45, 2.75) is 19.0 Å². The number of benzene rings is 3. The highest BCUT2D eigenvalue weighted by atomic mass is 16.5. The molecule has 0 saturated carbocycles. The van der Waals surface area contributed by atoms with Crippen LogP contribution in [0, 0.1) is 0 Å². The molecule has 0 aromatic heterocycles. The Balaban J connectivity index is 1.99. The molecule has 0 saturated heterocycles. The zero-order valence-electron chi connectivity index (χ0n) is 20.8. The smallest absolute Gasteiger partial charge is 0.247 e. The number of carbonyl (C=O) groups excluding carboxylic acids is 2. The van der Waals surface area contributed by atoms with Gasteiger partial charge in [0.05, 0.1) is 34.4 Å². The third-order valence-electron chi connectivity index (χ3n) is 5.72. The minimum atomic E-state index is -0.896. The first-order valence-corrected chi connectivity index (χ1v) is 11.6. The Bertz CT molecular complexity index is 1130. The van der Waals surface area contributed by atoms with E-state index in [1.807, 2.05) is 54.6 Å². The molecule has 0 spiro atoms. The van der Waals surface area contributed by atoms with Gasteiger partial charge in [0.15, 0.2) is 11.5 Å². The zero-order valence-corrected chi connectivity index (χ0v) is 20.8. The molecule has 8 nitrogen and oxygen atoms in total. The van der Waals surface area contributed by atoms with Crippen molar-refractivity contribution in [2.24, 2.45) is 0 Å². The maximum Gasteiger partial charge on any atom is 0.247 e. The van der Waals surface area contributed by atoms with E-state index in [-0.39, 0.29) is 37.9 Å². The lowest BCUT2D eigenvalue weighted by Gasteiger charge is -2.32. The van der Waals surface area contributed by atoms with Crippen LogP contribution in [0.1, 0.15) is 22.7 Å². The Morgan fingerprint density at radius 2 is 1.53 bits per heavy atom. The van der Waals surface area contributed by atoms with Gasteiger partial charge in [-0.3, -0.25) is 9.59 Å². The summed E-state index contributed by atoms with van der Waals surface area (Å²) in [5.74, 6) is 1.16. The van der Waals surface area contributed by atoms with Crippen LogP contribution in [0.15, 0.2) is 72.8 Å². The molecule has 0 bridgehead atoms. The number of aliphatic hydroxyl groups excluding tert-OH is 1. The molecule has 2 N–H and O–H groups in total. The Kier molecular flexibility index (Phi) is 9.71. The highest BCUT2D eigenvalue weighted by molar-refractivity contribution is 5.89. The van der Waals surface area contributed by atoms with E-state index in [1.165, 1.54) is 7.11 Å². The van der Waals surface area contributed by atoms with Crippen molar-refractivity contribution in [1.29, 1.82) is 0 Å². The first kappa shape index (κ1) is 26.6. The monoisotopic (exact) mass is 492 g/mol. The van der Waals surface area contributed by atoms with Crippen molar-refractivity contribution < 1.29 is 28.9 Å². The molecule has 1 atom stereocenters. The molecule has 3 aromatic rings. The number of methoxy groups -OCH3 is 3. The molecular weight excluding hydrogens is 460 g/mol. The van der Waals surface area contributed by atoms with Gasteiger partial charge in [0, 0.05) is 13.1 Å². The number of hydrogen-bond donors (Lipinski definition) is 2. The highest BCUT2D eigenvalue weighted by Gasteiger charge is 2.31. The molecule has 0 aliphatic carbocycles. The number of rotatable bonds is 12. The van der Waals surface area contributed by atoms with Gasteiger partial charge in [0.1, 0.15) is 11.8 Å². The summed E-state index contributed by atoms with van der Waals surface area (Å²) in [6.07, 6.45) is 0.0487. The average Bonchev–Trinajstić information content (AvgIpc) is 2.92. The SMILES string of the molecule is COc1ccc(CN(C(=O)Cc2ccc(OC)c(OC)c2)[C@H](C(=O)NCCO)c2ccccc2)cc1. The molecule has 0 aliphatic heterocycles. The number of amides is 2. The maximum absolute atomic E-state index is 13.8. The molecule has 0 heterocycles. The van der Waals surface area contributed by atoms with E-state index in [0.29, 0.717) is 22.8 Å². The summed E-state index contributed by atoms with van der Waals surface area (Å²) >= 11 is 0. The fourth-order valence-electron chi connectivity index (χ4n) is 3.90. The van der Waals surface area contributed by atoms with Crippen LogP contribution in [0.2, 0.25) is 0 Å². The molecular formula is C28H32N2O6. The molecule has 3 aromatic carbocycles. The van der Waals surface area contributed by atoms with Crippen LogP contribution in [0.5, 0.6) is 17.2 Å². The minimum absolute atomic E-state index is 0.0487. The summed E-state index contributed by atoms with van der Waals surface area (Å²) in [5, 5.41) is 12.0. The van der Waals surface area contributed by atoms with Crippen molar-refractivity contribution in [1.82, 2.24) is 10.2 Å². The highest BCUT2D eigenvalue weighted by Crippen LogP contribution is 2.29. The Morgan fingerprint density at radius 3 is 2.14 bits per heavy atom. The average molecular weight is 493 g/mol. The summed E-state index contributed by atoms with van der Waals surface area (Å²) in [7, 11) is 4.68. The van der Waals surface area contributed by atoms with Crippen molar-refractivity contribution in [3.63, 3.8) is 0 Å². The number of aliphatic hydroxyl groups is 1. The quantitative estimate of drug-likeness (QED) is 0.403. The molecule has 0 unspecified atom stereocenters. The fourth-order valence-corrected chi connectivity index (χ4v) is 3.90. The lowest BCUT2D eigenvalue weighted by molar-refractivity contribution is -0.141. The van der Waals surface area contributed by atoms with Crippen LogP contribution in [0.25, 0.3) is 0 Å². The Labute approximate surface area is 211 Å². The summed E-state index contributed by atoms with van der Waals surface area (Å²) < 4.78 is 15.9. The topological polar surface area (TPSA) is 97.3 Å². The van der Waals surface area contributed by atoms with E-state index in [9.17, 15) is 14.7 Å². The van der Waals surface area contributed by atoms with Gasteiger partial charge >= 0.3 is 0 Å². The first-order valence-electron chi connectivity index (χ1n) is 11.6. The second-order valence-electron chi connectivity index (χ2n) is 8.06. The standard InChI is InChI=1S/C28H32N2O6/c1-34-23-12-9-20(10-13-23)19-30(26(32)18-21-11-14-24(35-2)25(17-21)36-3)27(28(33)29-15-16-31)22-7-5-4-6-8-22/h4-14,17,27,31H,15-16,18-19H2,1-3H3,(H,29,33)/t27-/m0/s1. The largest absolute Gasteiger partial charge is 0.497 e. The number of carbonyl (C=O) groups is 2. The van der Waals surface area contributed by atoms with E-state index < -0.39 is 6.04 Å². The maximum atomic E-state index is 13.8. The van der Waals surface area contributed by atoms with Crippen LogP contribution in [-0.4, -0.2) is 56.3 Å². The van der Waals surface area contributed by atoms with Crippen LogP contribution >= 0.6 is 0 Å². The van der Waals surface area contributed by atoms with Crippen molar-refractivity contribution in [2.75, 3.05) is 34.5 Å². The number of ether oxygens (including phenoxy) is 3. The number of nitrogens with zero attached hydrogens (tertiary/aromatic N) is 1. The van der Waals surface area contributed by atoms with E-state index in [4.69, 9.17) is 14.2 Å². The predicted molar refractivity (Wildman–Crippen MR) is 136 cm³/mol. The lowest BCUT2D eigenvalue weighted by Crippen LogP contribution is -2.44. The van der Waals surface area contributed by atoms with Gasteiger partial charge in [0.2, 0.25) is 11.8 Å². The molecule has 0 radical (unpaired) electrons. The van der Waals surface area contributed by atoms with Gasteiger partial charge < -0.3 is 29.5 Å². The van der Waals surface area contributed by atoms with Crippen LogP contribution in [0.3, 0.4) is 0 Å². The van der Waals surface area contributed by atoms with Crippen molar-refractivity contribution >= 4 is 11.8 Å². The van der Waals surface area contributed by atoms with Crippen LogP contribution in [0.4, 0.5) is 0 Å². The molecule has 3 rings (SSSR count). The molecule has 2 amide bonds. The number of hydrogen-bond acceptors (Lipinski definition) is 6. The van der Waals surface area contributed by atoms with Crippen LogP contribution < -0.4 is 19.5 Å². The van der Waals surface area contributed by atoms with Gasteiger partial charge in [-0.25, -0.2) is 0 Å². The van der Waals surface area contributed by atoms with Gasteiger partial charge in [-0.2, -0.15) is 0 Å². The third kappa shape index (κ3) is 6.76. The molecule has 0 aliphatic rings. The Morgan fingerprint density at radius 1 is 0.861 bits per heavy atom. The van der Waals surface area contributed by atoms with E-state index in [2.05, 4.69) is 5.32 Å². The van der Waals surface area contributed by atoms with Crippen molar-refractivity contribution in [3.05, 3.63) is 89.5 Å². The van der Waals surface area contributed by atoms with Gasteiger partial charge in [0.25, 0.3) is 0 Å². The summed E-state index contributed by atoms with van der Waals surface area (Å²) in [6, 6.07) is 20.9. The summed E-state index contributed by atoms with van der Waals surface area (Å²) in [4.78, 5) is 28.6. The predicted octanol–water partition coefficient (Wildman–Crippen LogP) is 3.13. The van der Waals surface area contributed by atoms with Crippen molar-refractivity contribution in [3.8, 4) is 17.2 Å².